The lowest BCUT2D eigenvalue weighted by atomic mass is 10.2. The van der Waals surface area contributed by atoms with Crippen LogP contribution in [0.1, 0.15) is 6.42 Å². The lowest BCUT2D eigenvalue weighted by molar-refractivity contribution is -0.117. The van der Waals surface area contributed by atoms with E-state index in [2.05, 4.69) is 16.8 Å². The summed E-state index contributed by atoms with van der Waals surface area (Å²) in [5, 5.41) is 2.90. The van der Waals surface area contributed by atoms with E-state index in [4.69, 9.17) is 10.5 Å². The lowest BCUT2D eigenvalue weighted by Crippen LogP contribution is -2.38. The number of hydrogen-bond donors (Lipinski definition) is 2. The van der Waals surface area contributed by atoms with Crippen molar-refractivity contribution in [2.24, 2.45) is 5.73 Å². The molecule has 5 heteroatoms. The van der Waals surface area contributed by atoms with E-state index in [9.17, 15) is 4.79 Å². The predicted octanol–water partition coefficient (Wildman–Crippen LogP) is 1.37. The molecular weight excluding hydrogens is 254 g/mol. The van der Waals surface area contributed by atoms with Crippen LogP contribution < -0.4 is 16.0 Å². The highest BCUT2D eigenvalue weighted by molar-refractivity contribution is 5.97. The number of rotatable bonds is 5. The van der Waals surface area contributed by atoms with Gasteiger partial charge in [-0.2, -0.15) is 0 Å². The van der Waals surface area contributed by atoms with Gasteiger partial charge in [0.2, 0.25) is 5.91 Å². The summed E-state index contributed by atoms with van der Waals surface area (Å²) in [6.07, 6.45) is 2.11. The summed E-state index contributed by atoms with van der Waals surface area (Å²) in [6, 6.07) is 7.19. The molecule has 1 saturated heterocycles. The quantitative estimate of drug-likeness (QED) is 0.796. The minimum Gasteiger partial charge on any atom is -0.378 e. The Hall–Kier alpha value is -1.85. The summed E-state index contributed by atoms with van der Waals surface area (Å²) in [6.45, 7) is 6.66. The molecule has 0 bridgehead atoms. The zero-order valence-corrected chi connectivity index (χ0v) is 11.5. The highest BCUT2D eigenvalue weighted by Crippen LogP contribution is 2.26. The Morgan fingerprint density at radius 3 is 2.85 bits per heavy atom. The van der Waals surface area contributed by atoms with E-state index in [0.29, 0.717) is 19.6 Å². The highest BCUT2D eigenvalue weighted by atomic mass is 16.5. The second-order valence-corrected chi connectivity index (χ2v) is 4.74. The summed E-state index contributed by atoms with van der Waals surface area (Å²) in [5.41, 5.74) is 7.59. The van der Waals surface area contributed by atoms with Crippen molar-refractivity contribution in [3.05, 3.63) is 36.9 Å². The zero-order valence-electron chi connectivity index (χ0n) is 11.5. The van der Waals surface area contributed by atoms with Crippen LogP contribution in [0.3, 0.4) is 0 Å². The second kappa shape index (κ2) is 7.07. The molecular formula is C15H21N3O2. The van der Waals surface area contributed by atoms with Gasteiger partial charge < -0.3 is 20.7 Å². The fraction of sp³-hybridized carbons (Fsp3) is 0.400. The van der Waals surface area contributed by atoms with Gasteiger partial charge in [-0.25, -0.2) is 0 Å². The summed E-state index contributed by atoms with van der Waals surface area (Å²) in [5.74, 6) is -0.189. The third kappa shape index (κ3) is 3.59. The number of nitrogens with one attached hydrogen (secondary N) is 1. The molecule has 5 nitrogen and oxygen atoms in total. The average Bonchev–Trinajstić information content (AvgIpc) is 2.49. The standard InChI is InChI=1S/C15H21N3O2/c1-2-5-12(16)15(19)17-13-6-3-4-7-14(13)18-8-10-20-11-9-18/h2-4,6-7,12H,1,5,8-11,16H2,(H,17,19). The Labute approximate surface area is 119 Å². The van der Waals surface area contributed by atoms with Crippen LogP contribution in [0.4, 0.5) is 11.4 Å². The molecule has 20 heavy (non-hydrogen) atoms. The Kier molecular flexibility index (Phi) is 5.15. The van der Waals surface area contributed by atoms with Crippen LogP contribution in [0.15, 0.2) is 36.9 Å². The van der Waals surface area contributed by atoms with E-state index >= 15 is 0 Å². The average molecular weight is 275 g/mol. The lowest BCUT2D eigenvalue weighted by Gasteiger charge is -2.30. The number of hydrogen-bond acceptors (Lipinski definition) is 4. The molecule has 0 aliphatic carbocycles. The van der Waals surface area contributed by atoms with Crippen LogP contribution in [0, 0.1) is 0 Å². The van der Waals surface area contributed by atoms with E-state index in [0.717, 1.165) is 24.5 Å². The summed E-state index contributed by atoms with van der Waals surface area (Å²) >= 11 is 0. The number of anilines is 2. The van der Waals surface area contributed by atoms with E-state index in [1.54, 1.807) is 6.08 Å². The largest absolute Gasteiger partial charge is 0.378 e. The first-order chi connectivity index (χ1) is 9.72. The van der Waals surface area contributed by atoms with Gasteiger partial charge in [0.1, 0.15) is 0 Å². The molecule has 1 amide bonds. The second-order valence-electron chi connectivity index (χ2n) is 4.74. The first-order valence-corrected chi connectivity index (χ1v) is 6.81. The van der Waals surface area contributed by atoms with Gasteiger partial charge in [-0.3, -0.25) is 4.79 Å². The van der Waals surface area contributed by atoms with Gasteiger partial charge in [0.15, 0.2) is 0 Å². The van der Waals surface area contributed by atoms with Gasteiger partial charge in [-0.05, 0) is 18.6 Å². The molecule has 1 unspecified atom stereocenters. The van der Waals surface area contributed by atoms with Crippen LogP contribution in [-0.4, -0.2) is 38.3 Å². The normalized spacial score (nSPS) is 16.6. The number of nitrogens with two attached hydrogens (primary N) is 1. The molecule has 0 spiro atoms. The van der Waals surface area contributed by atoms with Crippen LogP contribution in [0.25, 0.3) is 0 Å². The van der Waals surface area contributed by atoms with E-state index in [-0.39, 0.29) is 5.91 Å². The maximum absolute atomic E-state index is 12.0. The van der Waals surface area contributed by atoms with Gasteiger partial charge in [-0.15, -0.1) is 6.58 Å². The SMILES string of the molecule is C=CCC(N)C(=O)Nc1ccccc1N1CCOCC1. The smallest absolute Gasteiger partial charge is 0.241 e. The molecule has 0 radical (unpaired) electrons. The van der Waals surface area contributed by atoms with Crippen molar-refractivity contribution in [2.75, 3.05) is 36.5 Å². The van der Waals surface area contributed by atoms with E-state index in [1.807, 2.05) is 24.3 Å². The van der Waals surface area contributed by atoms with Gasteiger partial charge in [0.05, 0.1) is 30.6 Å². The topological polar surface area (TPSA) is 67.6 Å². The van der Waals surface area contributed by atoms with Crippen molar-refractivity contribution in [1.82, 2.24) is 0 Å². The number of carbonyl (C=O) groups excluding carboxylic acids is 1. The molecule has 1 fully saturated rings. The monoisotopic (exact) mass is 275 g/mol. The Balaban J connectivity index is 2.11. The van der Waals surface area contributed by atoms with Gasteiger partial charge in [0.25, 0.3) is 0 Å². The number of morpholine rings is 1. The van der Waals surface area contributed by atoms with Crippen molar-refractivity contribution >= 4 is 17.3 Å². The maximum Gasteiger partial charge on any atom is 0.241 e. The van der Waals surface area contributed by atoms with Gasteiger partial charge in [-0.1, -0.05) is 18.2 Å². The molecule has 1 aliphatic heterocycles. The van der Waals surface area contributed by atoms with Crippen molar-refractivity contribution in [1.29, 1.82) is 0 Å². The van der Waals surface area contributed by atoms with E-state index in [1.165, 1.54) is 0 Å². The number of amides is 1. The zero-order chi connectivity index (χ0) is 14.4. The molecule has 1 heterocycles. The molecule has 2 rings (SSSR count). The van der Waals surface area contributed by atoms with E-state index < -0.39 is 6.04 Å². The number of carbonyl (C=O) groups is 1. The van der Waals surface area contributed by atoms with Gasteiger partial charge >= 0.3 is 0 Å². The van der Waals surface area contributed by atoms with Crippen LogP contribution in [0.5, 0.6) is 0 Å². The molecule has 3 N–H and O–H groups in total. The number of para-hydroxylation sites is 2. The van der Waals surface area contributed by atoms with Crippen molar-refractivity contribution < 1.29 is 9.53 Å². The summed E-state index contributed by atoms with van der Waals surface area (Å²) < 4.78 is 5.35. The molecule has 0 saturated carbocycles. The van der Waals surface area contributed by atoms with Crippen LogP contribution >= 0.6 is 0 Å². The Morgan fingerprint density at radius 2 is 2.15 bits per heavy atom. The maximum atomic E-state index is 12.0. The predicted molar refractivity (Wildman–Crippen MR) is 80.9 cm³/mol. The number of ether oxygens (including phenoxy) is 1. The molecule has 0 aromatic heterocycles. The Bertz CT molecular complexity index is 470. The molecule has 1 aliphatic rings. The first-order valence-electron chi connectivity index (χ1n) is 6.81. The summed E-state index contributed by atoms with van der Waals surface area (Å²) in [7, 11) is 0. The first kappa shape index (κ1) is 14.6. The Morgan fingerprint density at radius 1 is 1.45 bits per heavy atom. The molecule has 1 atom stereocenters. The number of nitrogens with zero attached hydrogens (tertiary/aromatic N) is 1. The van der Waals surface area contributed by atoms with Crippen molar-refractivity contribution in [3.63, 3.8) is 0 Å². The minimum absolute atomic E-state index is 0.189. The third-order valence-corrected chi connectivity index (χ3v) is 3.27. The van der Waals surface area contributed by atoms with Crippen LogP contribution in [-0.2, 0) is 9.53 Å². The fourth-order valence-electron chi connectivity index (χ4n) is 2.17. The third-order valence-electron chi connectivity index (χ3n) is 3.27. The number of benzene rings is 1. The highest BCUT2D eigenvalue weighted by Gasteiger charge is 2.17. The molecule has 1 aromatic carbocycles. The molecule has 108 valence electrons. The van der Waals surface area contributed by atoms with Crippen molar-refractivity contribution in [3.8, 4) is 0 Å². The van der Waals surface area contributed by atoms with Gasteiger partial charge in [0, 0.05) is 13.1 Å². The summed E-state index contributed by atoms with van der Waals surface area (Å²) in [4.78, 5) is 14.2. The van der Waals surface area contributed by atoms with Crippen molar-refractivity contribution in [2.45, 2.75) is 12.5 Å². The van der Waals surface area contributed by atoms with Crippen LogP contribution in [0.2, 0.25) is 0 Å². The molecule has 1 aromatic rings. The fourth-order valence-corrected chi connectivity index (χ4v) is 2.17. The minimum atomic E-state index is -0.565.